The molecule has 7 heteroatoms. The number of rotatable bonds is 2. The largest absolute Gasteiger partial charge is 0.396 e. The summed E-state index contributed by atoms with van der Waals surface area (Å²) in [7, 11) is 1.85. The highest BCUT2D eigenvalue weighted by Gasteiger charge is 2.14. The Morgan fingerprint density at radius 1 is 1.15 bits per heavy atom. The van der Waals surface area contributed by atoms with E-state index in [-0.39, 0.29) is 0 Å². The van der Waals surface area contributed by atoms with Crippen LogP contribution in [0.3, 0.4) is 0 Å². The van der Waals surface area contributed by atoms with Gasteiger partial charge in [0.1, 0.15) is 5.69 Å². The van der Waals surface area contributed by atoms with Crippen LogP contribution in [0.5, 0.6) is 0 Å². The zero-order valence-corrected chi connectivity index (χ0v) is 11.6. The Balaban J connectivity index is 2.11. The maximum Gasteiger partial charge on any atom is 0.251 e. The van der Waals surface area contributed by atoms with E-state index in [9.17, 15) is 0 Å². The van der Waals surface area contributed by atoms with E-state index in [1.54, 1.807) is 21.8 Å². The van der Waals surface area contributed by atoms with E-state index in [0.29, 0.717) is 17.3 Å². The maximum absolute atomic E-state index is 6.03. The normalized spacial score (nSPS) is 10.9. The van der Waals surface area contributed by atoms with Crippen LogP contribution in [-0.4, -0.2) is 29.5 Å². The van der Waals surface area contributed by atoms with Crippen LogP contribution in [0.2, 0.25) is 0 Å². The van der Waals surface area contributed by atoms with Gasteiger partial charge in [0, 0.05) is 24.6 Å². The van der Waals surface area contributed by atoms with Gasteiger partial charge in [-0.25, -0.2) is 14.6 Å². The van der Waals surface area contributed by atoms with Crippen molar-refractivity contribution in [1.82, 2.24) is 29.5 Å². The van der Waals surface area contributed by atoms with Crippen molar-refractivity contribution in [2.45, 2.75) is 13.8 Å². The van der Waals surface area contributed by atoms with Crippen molar-refractivity contribution in [3.8, 4) is 17.3 Å². The number of hydrogen-bond donors (Lipinski definition) is 1. The Labute approximate surface area is 116 Å². The maximum atomic E-state index is 6.03. The third-order valence-corrected chi connectivity index (χ3v) is 2.98. The van der Waals surface area contributed by atoms with Crippen molar-refractivity contribution in [3.63, 3.8) is 0 Å². The van der Waals surface area contributed by atoms with Crippen molar-refractivity contribution in [1.29, 1.82) is 0 Å². The van der Waals surface area contributed by atoms with E-state index < -0.39 is 0 Å². The quantitative estimate of drug-likeness (QED) is 0.756. The first-order valence-corrected chi connectivity index (χ1v) is 6.21. The fraction of sp³-hybridized carbons (Fsp3) is 0.231. The highest BCUT2D eigenvalue weighted by Crippen LogP contribution is 2.23. The Morgan fingerprint density at radius 2 is 1.85 bits per heavy atom. The molecule has 3 aromatic heterocycles. The summed E-state index contributed by atoms with van der Waals surface area (Å²) >= 11 is 0. The summed E-state index contributed by atoms with van der Waals surface area (Å²) in [4.78, 5) is 8.75. The molecule has 0 atom stereocenters. The molecular formula is C13H15N7. The third kappa shape index (κ3) is 2.03. The lowest BCUT2D eigenvalue weighted by Crippen LogP contribution is -2.04. The molecule has 0 bridgehead atoms. The van der Waals surface area contributed by atoms with E-state index in [2.05, 4.69) is 20.2 Å². The number of nitrogens with zero attached hydrogens (tertiary/aromatic N) is 6. The lowest BCUT2D eigenvalue weighted by atomic mass is 10.3. The van der Waals surface area contributed by atoms with Crippen molar-refractivity contribution in [2.24, 2.45) is 7.05 Å². The van der Waals surface area contributed by atoms with Gasteiger partial charge in [0.25, 0.3) is 5.95 Å². The average Bonchev–Trinajstić information content (AvgIpc) is 2.94. The summed E-state index contributed by atoms with van der Waals surface area (Å²) in [6.45, 7) is 3.85. The molecular weight excluding hydrogens is 254 g/mol. The molecule has 0 saturated heterocycles. The second-order valence-electron chi connectivity index (χ2n) is 4.67. The minimum absolute atomic E-state index is 0.516. The fourth-order valence-corrected chi connectivity index (χ4v) is 2.10. The van der Waals surface area contributed by atoms with E-state index >= 15 is 0 Å². The van der Waals surface area contributed by atoms with Crippen LogP contribution >= 0.6 is 0 Å². The van der Waals surface area contributed by atoms with Crippen LogP contribution in [0.25, 0.3) is 17.3 Å². The fourth-order valence-electron chi connectivity index (χ4n) is 2.10. The number of aromatic nitrogens is 6. The Morgan fingerprint density at radius 3 is 2.45 bits per heavy atom. The number of aryl methyl sites for hydroxylation is 3. The van der Waals surface area contributed by atoms with Crippen LogP contribution in [0.4, 0.5) is 5.69 Å². The Hall–Kier alpha value is -2.70. The smallest absolute Gasteiger partial charge is 0.251 e. The molecule has 0 fully saturated rings. The molecule has 0 unspecified atom stereocenters. The molecule has 0 spiro atoms. The number of hydrogen-bond acceptors (Lipinski definition) is 5. The minimum atomic E-state index is 0.516. The summed E-state index contributed by atoms with van der Waals surface area (Å²) in [5.74, 6) is 0.516. The van der Waals surface area contributed by atoms with Crippen LogP contribution in [0.15, 0.2) is 24.5 Å². The van der Waals surface area contributed by atoms with Gasteiger partial charge in [0.15, 0.2) is 0 Å². The lowest BCUT2D eigenvalue weighted by Gasteiger charge is -2.02. The van der Waals surface area contributed by atoms with Crippen molar-refractivity contribution in [3.05, 3.63) is 35.9 Å². The van der Waals surface area contributed by atoms with Gasteiger partial charge in [0.2, 0.25) is 0 Å². The first kappa shape index (κ1) is 12.3. The molecule has 0 aromatic carbocycles. The Kier molecular flexibility index (Phi) is 2.74. The molecule has 0 aliphatic rings. The van der Waals surface area contributed by atoms with Crippen LogP contribution in [0, 0.1) is 13.8 Å². The summed E-state index contributed by atoms with van der Waals surface area (Å²) in [6.07, 6.45) is 3.43. The van der Waals surface area contributed by atoms with Gasteiger partial charge in [-0.1, -0.05) is 0 Å². The van der Waals surface area contributed by atoms with Crippen molar-refractivity contribution in [2.75, 3.05) is 5.73 Å². The molecule has 0 amide bonds. The first-order valence-electron chi connectivity index (χ1n) is 6.21. The van der Waals surface area contributed by atoms with E-state index in [4.69, 9.17) is 5.73 Å². The van der Waals surface area contributed by atoms with Crippen LogP contribution in [-0.2, 0) is 7.05 Å². The molecule has 3 aromatic rings. The van der Waals surface area contributed by atoms with Gasteiger partial charge in [-0.05, 0) is 26.0 Å². The monoisotopic (exact) mass is 269 g/mol. The predicted octanol–water partition coefficient (Wildman–Crippen LogP) is 1.26. The standard InChI is InChI=1S/C13H15N7/c1-8-6-9(2)17-13(16-8)20-7-10(14)12(18-20)11-4-5-15-19(11)3/h4-7H,14H2,1-3H3. The summed E-state index contributed by atoms with van der Waals surface area (Å²) in [5.41, 5.74) is 9.91. The van der Waals surface area contributed by atoms with Crippen molar-refractivity contribution >= 4 is 5.69 Å². The van der Waals surface area contributed by atoms with Crippen molar-refractivity contribution < 1.29 is 0 Å². The molecule has 7 nitrogen and oxygen atoms in total. The van der Waals surface area contributed by atoms with Gasteiger partial charge in [0.05, 0.1) is 17.6 Å². The Bertz CT molecular complexity index is 749. The van der Waals surface area contributed by atoms with Crippen LogP contribution in [0.1, 0.15) is 11.4 Å². The first-order chi connectivity index (χ1) is 9.54. The molecule has 0 aliphatic heterocycles. The third-order valence-electron chi connectivity index (χ3n) is 2.98. The van der Waals surface area contributed by atoms with E-state index in [1.165, 1.54) is 0 Å². The second-order valence-corrected chi connectivity index (χ2v) is 4.67. The number of nitrogens with two attached hydrogens (primary N) is 1. The summed E-state index contributed by atoms with van der Waals surface area (Å²) in [5, 5.41) is 8.60. The predicted molar refractivity (Wildman–Crippen MR) is 75.2 cm³/mol. The van der Waals surface area contributed by atoms with E-state index in [1.807, 2.05) is 33.0 Å². The molecule has 3 heterocycles. The molecule has 3 rings (SSSR count). The van der Waals surface area contributed by atoms with Gasteiger partial charge in [-0.15, -0.1) is 0 Å². The van der Waals surface area contributed by atoms with Gasteiger partial charge >= 0.3 is 0 Å². The number of anilines is 1. The lowest BCUT2D eigenvalue weighted by molar-refractivity contribution is 0.761. The van der Waals surface area contributed by atoms with Crippen LogP contribution < -0.4 is 5.73 Å². The molecule has 20 heavy (non-hydrogen) atoms. The highest BCUT2D eigenvalue weighted by molar-refractivity contribution is 5.69. The zero-order valence-electron chi connectivity index (χ0n) is 11.6. The van der Waals surface area contributed by atoms with Gasteiger partial charge in [-0.2, -0.15) is 10.2 Å². The molecule has 0 radical (unpaired) electrons. The molecule has 0 saturated carbocycles. The SMILES string of the molecule is Cc1cc(C)nc(-n2cc(N)c(-c3ccnn3C)n2)n1. The molecule has 102 valence electrons. The summed E-state index contributed by atoms with van der Waals surface area (Å²) in [6, 6.07) is 3.78. The number of nitrogen functional groups attached to an aromatic ring is 1. The zero-order chi connectivity index (χ0) is 14.3. The molecule has 0 aliphatic carbocycles. The second kappa shape index (κ2) is 4.44. The topological polar surface area (TPSA) is 87.4 Å². The van der Waals surface area contributed by atoms with Gasteiger partial charge in [-0.3, -0.25) is 4.68 Å². The van der Waals surface area contributed by atoms with E-state index in [0.717, 1.165) is 17.1 Å². The average molecular weight is 269 g/mol. The highest BCUT2D eigenvalue weighted by atomic mass is 15.4. The summed E-state index contributed by atoms with van der Waals surface area (Å²) < 4.78 is 3.32. The minimum Gasteiger partial charge on any atom is -0.396 e. The van der Waals surface area contributed by atoms with Gasteiger partial charge < -0.3 is 5.73 Å². The molecule has 2 N–H and O–H groups in total.